The smallest absolute Gasteiger partial charge is 0.335 e. The summed E-state index contributed by atoms with van der Waals surface area (Å²) in [6.07, 6.45) is 1.29. The number of aromatic carboxylic acids is 1. The molecule has 1 aromatic carbocycles. The third-order valence-electron chi connectivity index (χ3n) is 5.52. The van der Waals surface area contributed by atoms with E-state index in [2.05, 4.69) is 26.9 Å². The Kier molecular flexibility index (Phi) is 6.61. The van der Waals surface area contributed by atoms with Gasteiger partial charge in [0.1, 0.15) is 18.1 Å². The van der Waals surface area contributed by atoms with Crippen LogP contribution in [0.15, 0.2) is 30.2 Å². The van der Waals surface area contributed by atoms with Crippen molar-refractivity contribution in [1.29, 1.82) is 0 Å². The summed E-state index contributed by atoms with van der Waals surface area (Å²) in [4.78, 5) is 20.2. The van der Waals surface area contributed by atoms with E-state index in [0.717, 1.165) is 5.56 Å². The highest BCUT2D eigenvalue weighted by atomic mass is 16.5. The van der Waals surface area contributed by atoms with E-state index >= 15 is 0 Å². The van der Waals surface area contributed by atoms with Crippen LogP contribution in [-0.4, -0.2) is 59.9 Å². The first-order valence-electron chi connectivity index (χ1n) is 10.7. The molecule has 10 nitrogen and oxygen atoms in total. The number of aromatic nitrogens is 4. The molecule has 1 aliphatic heterocycles. The number of aliphatic hydroxyl groups excluding tert-OH is 2. The molecule has 0 saturated carbocycles. The lowest BCUT2D eigenvalue weighted by atomic mass is 10.0. The largest absolute Gasteiger partial charge is 0.478 e. The Morgan fingerprint density at radius 3 is 2.85 bits per heavy atom. The number of carboxylic acids is 1. The molecule has 176 valence electrons. The van der Waals surface area contributed by atoms with Crippen LogP contribution in [0, 0.1) is 18.8 Å². The van der Waals surface area contributed by atoms with Gasteiger partial charge in [0, 0.05) is 18.5 Å². The van der Waals surface area contributed by atoms with Crippen molar-refractivity contribution in [3.63, 3.8) is 0 Å². The molecular formula is C24H25N5O5. The molecule has 0 radical (unpaired) electrons. The highest BCUT2D eigenvalue weighted by molar-refractivity contribution is 5.90. The molecule has 1 unspecified atom stereocenters. The van der Waals surface area contributed by atoms with Crippen LogP contribution in [0.1, 0.15) is 52.4 Å². The molecule has 0 aliphatic carbocycles. The van der Waals surface area contributed by atoms with Gasteiger partial charge in [0.05, 0.1) is 29.4 Å². The average molecular weight is 463 g/mol. The number of aliphatic hydroxyl groups is 2. The van der Waals surface area contributed by atoms with E-state index in [4.69, 9.17) is 10.5 Å². The van der Waals surface area contributed by atoms with Crippen LogP contribution in [0.25, 0.3) is 17.1 Å². The number of carboxylic acid groups (broad SMARTS) is 1. The van der Waals surface area contributed by atoms with Crippen molar-refractivity contribution < 1.29 is 24.9 Å². The number of allylic oxidation sites excluding steroid dienone is 1. The van der Waals surface area contributed by atoms with Crippen molar-refractivity contribution >= 4 is 23.1 Å². The summed E-state index contributed by atoms with van der Waals surface area (Å²) in [5.74, 6) is 5.03. The van der Waals surface area contributed by atoms with Crippen LogP contribution in [0.4, 0.5) is 0 Å². The molecule has 3 atom stereocenters. The lowest BCUT2D eigenvalue weighted by Gasteiger charge is -2.12. The Labute approximate surface area is 195 Å². The number of aryl methyl sites for hydroxylation is 1. The zero-order valence-corrected chi connectivity index (χ0v) is 18.8. The first-order valence-corrected chi connectivity index (χ1v) is 10.7. The summed E-state index contributed by atoms with van der Waals surface area (Å²) in [5.41, 5.74) is 9.50. The maximum Gasteiger partial charge on any atom is 0.335 e. The number of fused-ring (bicyclic) bond motifs is 1. The Bertz CT molecular complexity index is 1330. The minimum Gasteiger partial charge on any atom is -0.478 e. The van der Waals surface area contributed by atoms with Crippen LogP contribution in [-0.2, 0) is 11.2 Å². The number of nitrogens with zero attached hydrogens (tertiary/aromatic N) is 4. The first-order chi connectivity index (χ1) is 16.3. The molecule has 3 heterocycles. The zero-order chi connectivity index (χ0) is 24.4. The third-order valence-corrected chi connectivity index (χ3v) is 5.52. The average Bonchev–Trinajstić information content (AvgIpc) is 3.34. The molecule has 1 fully saturated rings. The summed E-state index contributed by atoms with van der Waals surface area (Å²) in [5, 5.41) is 34.2. The molecule has 3 aromatic rings. The van der Waals surface area contributed by atoms with Crippen LogP contribution in [0.5, 0.6) is 0 Å². The Morgan fingerprint density at radius 1 is 1.38 bits per heavy atom. The molecule has 4 rings (SSSR count). The van der Waals surface area contributed by atoms with E-state index in [1.807, 2.05) is 6.92 Å². The molecule has 2 aromatic heterocycles. The summed E-state index contributed by atoms with van der Waals surface area (Å²) in [6.45, 7) is 3.30. The minimum atomic E-state index is -1.01. The van der Waals surface area contributed by atoms with Gasteiger partial charge in [-0.3, -0.25) is 0 Å². The van der Waals surface area contributed by atoms with Crippen LogP contribution in [0.2, 0.25) is 0 Å². The predicted molar refractivity (Wildman–Crippen MR) is 124 cm³/mol. The highest BCUT2D eigenvalue weighted by Gasteiger charge is 2.36. The zero-order valence-electron chi connectivity index (χ0n) is 18.8. The van der Waals surface area contributed by atoms with Gasteiger partial charge < -0.3 is 25.8 Å². The number of hydrogen-bond acceptors (Lipinski definition) is 8. The van der Waals surface area contributed by atoms with E-state index in [1.54, 1.807) is 31.2 Å². The normalized spacial score (nSPS) is 20.4. The van der Waals surface area contributed by atoms with Crippen LogP contribution < -0.4 is 5.73 Å². The van der Waals surface area contributed by atoms with Gasteiger partial charge in [0.25, 0.3) is 0 Å². The molecule has 34 heavy (non-hydrogen) atoms. The maximum absolute atomic E-state index is 11.6. The number of carbonyl (C=O) groups is 1. The number of benzene rings is 1. The van der Waals surface area contributed by atoms with Crippen LogP contribution in [0.3, 0.4) is 0 Å². The van der Waals surface area contributed by atoms with Crippen LogP contribution >= 0.6 is 0 Å². The lowest BCUT2D eigenvalue weighted by Crippen LogP contribution is -2.24. The van der Waals surface area contributed by atoms with Crippen molar-refractivity contribution in [3.05, 3.63) is 58.3 Å². The van der Waals surface area contributed by atoms with Crippen molar-refractivity contribution in [2.45, 2.75) is 45.1 Å². The summed E-state index contributed by atoms with van der Waals surface area (Å²) >= 11 is 0. The Balaban J connectivity index is 1.79. The van der Waals surface area contributed by atoms with Gasteiger partial charge in [-0.25, -0.2) is 19.4 Å². The SMILES string of the molecule is CC(N)=Cc1ncnc2c1c(C#CCc1cc(C)ccc1C(=O)O)nn2[C@H]1CC(O)[C@@H](CO)O1. The number of ether oxygens (including phenoxy) is 1. The van der Waals surface area contributed by atoms with Crippen molar-refractivity contribution in [3.8, 4) is 11.8 Å². The van der Waals surface area contributed by atoms with E-state index < -0.39 is 24.4 Å². The fraction of sp³-hybridized carbons (Fsp3) is 0.333. The molecule has 5 N–H and O–H groups in total. The van der Waals surface area contributed by atoms with Crippen molar-refractivity contribution in [2.24, 2.45) is 5.73 Å². The fourth-order valence-electron chi connectivity index (χ4n) is 3.94. The molecule has 0 spiro atoms. The highest BCUT2D eigenvalue weighted by Crippen LogP contribution is 2.32. The van der Waals surface area contributed by atoms with Gasteiger partial charge >= 0.3 is 5.97 Å². The van der Waals surface area contributed by atoms with Gasteiger partial charge in [0.2, 0.25) is 0 Å². The van der Waals surface area contributed by atoms with Gasteiger partial charge in [-0.15, -0.1) is 0 Å². The number of hydrogen-bond donors (Lipinski definition) is 4. The molecule has 0 bridgehead atoms. The van der Waals surface area contributed by atoms with E-state index in [0.29, 0.717) is 33.7 Å². The van der Waals surface area contributed by atoms with Gasteiger partial charge in [-0.05, 0) is 37.5 Å². The summed E-state index contributed by atoms with van der Waals surface area (Å²) in [7, 11) is 0. The molecule has 10 heteroatoms. The maximum atomic E-state index is 11.6. The van der Waals surface area contributed by atoms with Crippen molar-refractivity contribution in [1.82, 2.24) is 19.7 Å². The second-order valence-electron chi connectivity index (χ2n) is 8.20. The van der Waals surface area contributed by atoms with Gasteiger partial charge in [-0.2, -0.15) is 5.10 Å². The second-order valence-corrected chi connectivity index (χ2v) is 8.20. The van der Waals surface area contributed by atoms with Gasteiger partial charge in [-0.1, -0.05) is 23.6 Å². The predicted octanol–water partition coefficient (Wildman–Crippen LogP) is 1.39. The number of rotatable bonds is 5. The Morgan fingerprint density at radius 2 is 2.18 bits per heavy atom. The van der Waals surface area contributed by atoms with E-state index in [1.165, 1.54) is 11.0 Å². The Hall–Kier alpha value is -3.78. The summed E-state index contributed by atoms with van der Waals surface area (Å²) < 4.78 is 7.29. The molecule has 1 saturated heterocycles. The second kappa shape index (κ2) is 9.61. The van der Waals surface area contributed by atoms with Gasteiger partial charge in [0.15, 0.2) is 11.9 Å². The summed E-state index contributed by atoms with van der Waals surface area (Å²) in [6, 6.07) is 5.11. The molecule has 1 aliphatic rings. The number of nitrogens with two attached hydrogens (primary N) is 1. The van der Waals surface area contributed by atoms with E-state index in [-0.39, 0.29) is 25.0 Å². The quantitative estimate of drug-likeness (QED) is 0.410. The first kappa shape index (κ1) is 23.4. The van der Waals surface area contributed by atoms with Crippen molar-refractivity contribution in [2.75, 3.05) is 6.61 Å². The standard InChI is InChI=1S/C24H25N5O5/c1-13-6-7-16(24(32)33)15(8-13)4-3-5-17-22-18(9-14(2)25)26-12-27-23(22)29(28-17)21-10-19(31)20(11-30)34-21/h6-9,12,19-21,30-31H,4,10-11,25H2,1-2H3,(H,32,33)/t19?,20-,21-/m1/s1. The van der Waals surface area contributed by atoms with E-state index in [9.17, 15) is 20.1 Å². The third kappa shape index (κ3) is 4.63. The lowest BCUT2D eigenvalue weighted by molar-refractivity contribution is -0.0470. The molecular weight excluding hydrogens is 438 g/mol. The minimum absolute atomic E-state index is 0.199. The topological polar surface area (TPSA) is 157 Å². The monoisotopic (exact) mass is 463 g/mol. The fourth-order valence-corrected chi connectivity index (χ4v) is 3.94. The molecule has 0 amide bonds.